The number of rotatable bonds is 4. The van der Waals surface area contributed by atoms with E-state index in [1.807, 2.05) is 0 Å². The zero-order chi connectivity index (χ0) is 14.0. The normalized spacial score (nSPS) is 12.4. The summed E-state index contributed by atoms with van der Waals surface area (Å²) >= 11 is 0. The van der Waals surface area contributed by atoms with Gasteiger partial charge in [0.1, 0.15) is 0 Å². The van der Waals surface area contributed by atoms with Crippen molar-refractivity contribution in [2.45, 2.75) is 11.1 Å². The Balaban J connectivity index is 3.21. The van der Waals surface area contributed by atoms with Crippen molar-refractivity contribution in [3.8, 4) is 0 Å². The molecule has 0 aliphatic heterocycles. The molecule has 0 saturated heterocycles. The third-order valence-corrected chi connectivity index (χ3v) is 3.38. The molecule has 0 bridgehead atoms. The fourth-order valence-electron chi connectivity index (χ4n) is 1.18. The molecule has 0 heterocycles. The number of nitrogens with two attached hydrogens (primary N) is 1. The van der Waals surface area contributed by atoms with Gasteiger partial charge in [-0.05, 0) is 12.1 Å². The Bertz CT molecular complexity index is 554. The van der Waals surface area contributed by atoms with E-state index in [0.717, 1.165) is 18.2 Å². The maximum Gasteiger partial charge on any atom is 0.417 e. The lowest BCUT2D eigenvalue weighted by molar-refractivity contribution is -0.139. The smallest absolute Gasteiger partial charge is 0.369 e. The Hall–Kier alpha value is -1.61. The van der Waals surface area contributed by atoms with Crippen LogP contribution in [0.15, 0.2) is 29.2 Å². The Kier molecular flexibility index (Phi) is 3.97. The van der Waals surface area contributed by atoms with Gasteiger partial charge in [-0.25, -0.2) is 13.1 Å². The highest BCUT2D eigenvalue weighted by molar-refractivity contribution is 7.89. The number of carbonyl (C=O) groups is 1. The fourth-order valence-corrected chi connectivity index (χ4v) is 2.40. The molecular formula is C9H9F3N2O3S. The van der Waals surface area contributed by atoms with E-state index in [1.165, 1.54) is 0 Å². The van der Waals surface area contributed by atoms with Crippen LogP contribution in [-0.2, 0) is 21.0 Å². The van der Waals surface area contributed by atoms with Crippen molar-refractivity contribution >= 4 is 15.9 Å². The van der Waals surface area contributed by atoms with E-state index in [4.69, 9.17) is 5.73 Å². The van der Waals surface area contributed by atoms with E-state index in [2.05, 4.69) is 0 Å². The number of primary amides is 1. The average Bonchev–Trinajstić information content (AvgIpc) is 2.25. The molecule has 0 aliphatic carbocycles. The number of halogens is 3. The maximum absolute atomic E-state index is 12.6. The summed E-state index contributed by atoms with van der Waals surface area (Å²) in [5.41, 5.74) is 3.41. The van der Waals surface area contributed by atoms with E-state index < -0.39 is 39.1 Å². The van der Waals surface area contributed by atoms with Crippen LogP contribution in [0.4, 0.5) is 13.2 Å². The first-order valence-corrected chi connectivity index (χ1v) is 6.07. The minimum Gasteiger partial charge on any atom is -0.369 e. The van der Waals surface area contributed by atoms with Gasteiger partial charge in [-0.2, -0.15) is 13.2 Å². The monoisotopic (exact) mass is 282 g/mol. The zero-order valence-electron chi connectivity index (χ0n) is 8.86. The summed E-state index contributed by atoms with van der Waals surface area (Å²) in [5.74, 6) is -0.997. The van der Waals surface area contributed by atoms with Gasteiger partial charge in [0.25, 0.3) is 0 Å². The van der Waals surface area contributed by atoms with Crippen molar-refractivity contribution in [3.63, 3.8) is 0 Å². The quantitative estimate of drug-likeness (QED) is 0.841. The lowest BCUT2D eigenvalue weighted by atomic mass is 10.2. The molecule has 1 rings (SSSR count). The highest BCUT2D eigenvalue weighted by Gasteiger charge is 2.36. The van der Waals surface area contributed by atoms with Crippen LogP contribution in [0.5, 0.6) is 0 Å². The van der Waals surface area contributed by atoms with Crippen LogP contribution in [0.1, 0.15) is 5.56 Å². The van der Waals surface area contributed by atoms with Gasteiger partial charge in [0.2, 0.25) is 15.9 Å². The van der Waals surface area contributed by atoms with Crippen molar-refractivity contribution in [2.24, 2.45) is 5.73 Å². The second-order valence-corrected chi connectivity index (χ2v) is 5.02. The Morgan fingerprint density at radius 1 is 1.28 bits per heavy atom. The van der Waals surface area contributed by atoms with Crippen molar-refractivity contribution < 1.29 is 26.4 Å². The SMILES string of the molecule is NC(=O)CNS(=O)(=O)c1ccccc1C(F)(F)F. The second kappa shape index (κ2) is 4.94. The summed E-state index contributed by atoms with van der Waals surface area (Å²) < 4.78 is 62.6. The summed E-state index contributed by atoms with van der Waals surface area (Å²) in [5, 5.41) is 0. The van der Waals surface area contributed by atoms with Crippen LogP contribution >= 0.6 is 0 Å². The first kappa shape index (κ1) is 14.5. The standard InChI is InChI=1S/C9H9F3N2O3S/c10-9(11,12)6-3-1-2-4-7(6)18(16,17)14-5-8(13)15/h1-4,14H,5H2,(H2,13,15). The lowest BCUT2D eigenvalue weighted by Gasteiger charge is -2.12. The third-order valence-electron chi connectivity index (χ3n) is 1.92. The first-order chi connectivity index (χ1) is 8.14. The van der Waals surface area contributed by atoms with Crippen LogP contribution in [0.2, 0.25) is 0 Å². The third kappa shape index (κ3) is 3.44. The number of nitrogens with one attached hydrogen (secondary N) is 1. The van der Waals surface area contributed by atoms with E-state index in [9.17, 15) is 26.4 Å². The molecule has 0 saturated carbocycles. The van der Waals surface area contributed by atoms with Gasteiger partial charge in [0.15, 0.2) is 0 Å². The van der Waals surface area contributed by atoms with Gasteiger partial charge in [-0.3, -0.25) is 4.79 Å². The van der Waals surface area contributed by atoms with E-state index in [0.29, 0.717) is 6.07 Å². The molecule has 0 aliphatic rings. The van der Waals surface area contributed by atoms with Crippen LogP contribution in [0.25, 0.3) is 0 Å². The van der Waals surface area contributed by atoms with Gasteiger partial charge in [0, 0.05) is 0 Å². The molecule has 9 heteroatoms. The molecule has 18 heavy (non-hydrogen) atoms. The maximum atomic E-state index is 12.6. The fraction of sp³-hybridized carbons (Fsp3) is 0.222. The van der Waals surface area contributed by atoms with E-state index >= 15 is 0 Å². The molecule has 3 N–H and O–H groups in total. The molecule has 0 unspecified atom stereocenters. The van der Waals surface area contributed by atoms with Gasteiger partial charge in [-0.1, -0.05) is 12.1 Å². The second-order valence-electron chi connectivity index (χ2n) is 3.28. The van der Waals surface area contributed by atoms with Gasteiger partial charge >= 0.3 is 6.18 Å². The predicted octanol–water partition coefficient (Wildman–Crippen LogP) is 0.469. The van der Waals surface area contributed by atoms with Crippen LogP contribution in [-0.4, -0.2) is 20.9 Å². The number of sulfonamides is 1. The van der Waals surface area contributed by atoms with Crippen molar-refractivity contribution in [2.75, 3.05) is 6.54 Å². The topological polar surface area (TPSA) is 89.3 Å². The summed E-state index contributed by atoms with van der Waals surface area (Å²) in [7, 11) is -4.44. The van der Waals surface area contributed by atoms with Crippen molar-refractivity contribution in [1.82, 2.24) is 4.72 Å². The van der Waals surface area contributed by atoms with Crippen LogP contribution in [0, 0.1) is 0 Å². The summed E-state index contributed by atoms with van der Waals surface area (Å²) in [6.45, 7) is -0.769. The Labute approximate surface area is 101 Å². The van der Waals surface area contributed by atoms with Crippen LogP contribution in [0.3, 0.4) is 0 Å². The molecule has 1 amide bonds. The number of carbonyl (C=O) groups excluding carboxylic acids is 1. The minimum absolute atomic E-state index is 0.638. The molecule has 1 aromatic rings. The molecular weight excluding hydrogens is 273 g/mol. The highest BCUT2D eigenvalue weighted by atomic mass is 32.2. The Morgan fingerprint density at radius 2 is 1.83 bits per heavy atom. The van der Waals surface area contributed by atoms with Gasteiger partial charge < -0.3 is 5.73 Å². The molecule has 0 fully saturated rings. The summed E-state index contributed by atoms with van der Waals surface area (Å²) in [6, 6.07) is 3.65. The van der Waals surface area contributed by atoms with E-state index in [1.54, 1.807) is 4.72 Å². The molecule has 100 valence electrons. The highest BCUT2D eigenvalue weighted by Crippen LogP contribution is 2.33. The van der Waals surface area contributed by atoms with Crippen LogP contribution < -0.4 is 10.5 Å². The molecule has 0 spiro atoms. The number of hydrogen-bond donors (Lipinski definition) is 2. The largest absolute Gasteiger partial charge is 0.417 e. The van der Waals surface area contributed by atoms with Gasteiger partial charge in [0.05, 0.1) is 17.0 Å². The molecule has 5 nitrogen and oxygen atoms in total. The Morgan fingerprint density at radius 3 is 2.33 bits per heavy atom. The summed E-state index contributed by atoms with van der Waals surface area (Å²) in [6.07, 6.45) is -4.81. The van der Waals surface area contributed by atoms with Crippen molar-refractivity contribution in [1.29, 1.82) is 0 Å². The first-order valence-electron chi connectivity index (χ1n) is 4.59. The van der Waals surface area contributed by atoms with E-state index in [-0.39, 0.29) is 0 Å². The van der Waals surface area contributed by atoms with Gasteiger partial charge in [-0.15, -0.1) is 0 Å². The number of benzene rings is 1. The predicted molar refractivity (Wildman–Crippen MR) is 55.8 cm³/mol. The number of alkyl halides is 3. The molecule has 1 aromatic carbocycles. The average molecular weight is 282 g/mol. The summed E-state index contributed by atoms with van der Waals surface area (Å²) in [4.78, 5) is 9.49. The molecule has 0 aromatic heterocycles. The number of amides is 1. The lowest BCUT2D eigenvalue weighted by Crippen LogP contribution is -2.34. The molecule has 0 radical (unpaired) electrons. The number of hydrogen-bond acceptors (Lipinski definition) is 3. The molecule has 0 atom stereocenters. The minimum atomic E-state index is -4.81. The van der Waals surface area contributed by atoms with Crippen molar-refractivity contribution in [3.05, 3.63) is 29.8 Å². The zero-order valence-corrected chi connectivity index (χ0v) is 9.68.